The highest BCUT2D eigenvalue weighted by molar-refractivity contribution is 7.22. The highest BCUT2D eigenvalue weighted by Gasteiger charge is 2.04. The molecule has 28 heavy (non-hydrogen) atoms. The summed E-state index contributed by atoms with van der Waals surface area (Å²) in [5, 5.41) is 0. The third-order valence-corrected chi connectivity index (χ3v) is 6.18. The van der Waals surface area contributed by atoms with Crippen LogP contribution in [0, 0.1) is 23.7 Å². The Balaban J connectivity index is 1.48. The van der Waals surface area contributed by atoms with Gasteiger partial charge in [-0.3, -0.25) is 0 Å². The van der Waals surface area contributed by atoms with E-state index < -0.39 is 0 Å². The number of hydrogen-bond donors (Lipinski definition) is 0. The molecule has 0 aliphatic carbocycles. The van der Waals surface area contributed by atoms with E-state index in [-0.39, 0.29) is 0 Å². The molecule has 0 radical (unpaired) electrons. The van der Waals surface area contributed by atoms with Gasteiger partial charge in [-0.2, -0.15) is 0 Å². The van der Waals surface area contributed by atoms with Gasteiger partial charge in [0.05, 0.1) is 16.9 Å². The first-order valence-electron chi connectivity index (χ1n) is 8.73. The summed E-state index contributed by atoms with van der Waals surface area (Å²) >= 11 is 3.42. The van der Waals surface area contributed by atoms with Crippen LogP contribution >= 0.6 is 22.7 Å². The lowest BCUT2D eigenvalue weighted by Crippen LogP contribution is -1.81. The minimum Gasteiger partial charge on any atom is -0.497 e. The summed E-state index contributed by atoms with van der Waals surface area (Å²) in [6.07, 6.45) is 0. The van der Waals surface area contributed by atoms with Crippen molar-refractivity contribution in [1.82, 2.24) is 0 Å². The van der Waals surface area contributed by atoms with Gasteiger partial charge in [0.1, 0.15) is 5.75 Å². The van der Waals surface area contributed by atoms with Crippen molar-refractivity contribution < 1.29 is 4.74 Å². The van der Waals surface area contributed by atoms with Crippen LogP contribution in [0.1, 0.15) is 20.9 Å². The quantitative estimate of drug-likeness (QED) is 0.362. The zero-order valence-electron chi connectivity index (χ0n) is 15.2. The number of hydrogen-bond acceptors (Lipinski definition) is 3. The standard InChI is InChI=1S/C25H16OS2/c1-26-21-11-7-20(8-12-21)10-14-23-16-18-25(28-23)24-17-15-22(27-24)13-9-19-5-3-2-4-6-19/h2-8,11-12,15-18H,1H3. The summed E-state index contributed by atoms with van der Waals surface area (Å²) in [6, 6.07) is 26.3. The Labute approximate surface area is 173 Å². The van der Waals surface area contributed by atoms with Gasteiger partial charge in [-0.1, -0.05) is 41.9 Å². The van der Waals surface area contributed by atoms with Crippen molar-refractivity contribution in [3.63, 3.8) is 0 Å². The molecule has 4 aromatic rings. The molecule has 2 aromatic heterocycles. The topological polar surface area (TPSA) is 9.23 Å². The molecule has 0 aliphatic rings. The third kappa shape index (κ3) is 4.53. The Kier molecular flexibility index (Phi) is 5.59. The van der Waals surface area contributed by atoms with E-state index in [0.717, 1.165) is 26.6 Å². The van der Waals surface area contributed by atoms with Gasteiger partial charge in [0.25, 0.3) is 0 Å². The van der Waals surface area contributed by atoms with Gasteiger partial charge < -0.3 is 4.74 Å². The third-order valence-electron chi connectivity index (χ3n) is 3.98. The largest absolute Gasteiger partial charge is 0.497 e. The molecule has 0 unspecified atom stereocenters. The van der Waals surface area contributed by atoms with Crippen LogP contribution in [-0.4, -0.2) is 7.11 Å². The summed E-state index contributed by atoms with van der Waals surface area (Å²) in [6.45, 7) is 0. The molecule has 0 atom stereocenters. The number of ether oxygens (including phenoxy) is 1. The van der Waals surface area contributed by atoms with Gasteiger partial charge in [-0.25, -0.2) is 0 Å². The van der Waals surface area contributed by atoms with Crippen LogP contribution in [0.15, 0.2) is 78.9 Å². The maximum absolute atomic E-state index is 5.17. The molecule has 0 bridgehead atoms. The smallest absolute Gasteiger partial charge is 0.118 e. The van der Waals surface area contributed by atoms with E-state index in [1.165, 1.54) is 9.75 Å². The normalized spacial score (nSPS) is 9.75. The van der Waals surface area contributed by atoms with Crippen LogP contribution in [0.3, 0.4) is 0 Å². The Bertz CT molecular complexity index is 1190. The van der Waals surface area contributed by atoms with Crippen LogP contribution in [-0.2, 0) is 0 Å². The molecular weight excluding hydrogens is 380 g/mol. The van der Waals surface area contributed by atoms with Crippen LogP contribution in [0.2, 0.25) is 0 Å². The second-order valence-electron chi connectivity index (χ2n) is 5.92. The molecule has 3 heteroatoms. The second kappa shape index (κ2) is 8.63. The summed E-state index contributed by atoms with van der Waals surface area (Å²) in [4.78, 5) is 4.56. The van der Waals surface area contributed by atoms with E-state index in [0.29, 0.717) is 0 Å². The second-order valence-corrected chi connectivity index (χ2v) is 8.09. The fourth-order valence-electron chi connectivity index (χ4n) is 2.54. The first kappa shape index (κ1) is 18.1. The van der Waals surface area contributed by atoms with E-state index >= 15 is 0 Å². The zero-order chi connectivity index (χ0) is 19.2. The maximum atomic E-state index is 5.17. The van der Waals surface area contributed by atoms with Gasteiger partial charge in [-0.15, -0.1) is 22.7 Å². The van der Waals surface area contributed by atoms with Crippen LogP contribution in [0.4, 0.5) is 0 Å². The van der Waals surface area contributed by atoms with E-state index in [1.807, 2.05) is 54.6 Å². The predicted molar refractivity (Wildman–Crippen MR) is 119 cm³/mol. The molecule has 0 aliphatic heterocycles. The molecule has 0 amide bonds. The molecule has 0 fully saturated rings. The number of benzene rings is 2. The van der Waals surface area contributed by atoms with Crippen molar-refractivity contribution >= 4 is 22.7 Å². The minimum atomic E-state index is 0.841. The van der Waals surface area contributed by atoms with E-state index in [1.54, 1.807) is 29.8 Å². The Morgan fingerprint density at radius 1 is 0.571 bits per heavy atom. The SMILES string of the molecule is COc1ccc(C#Cc2ccc(-c3ccc(C#Cc4ccccc4)s3)s2)cc1. The van der Waals surface area contributed by atoms with Crippen molar-refractivity contribution in [2.75, 3.05) is 7.11 Å². The molecule has 0 saturated heterocycles. The molecule has 1 nitrogen and oxygen atoms in total. The van der Waals surface area contributed by atoms with E-state index in [4.69, 9.17) is 4.74 Å². The Hall–Kier alpha value is -3.24. The lowest BCUT2D eigenvalue weighted by molar-refractivity contribution is 0.415. The Morgan fingerprint density at radius 2 is 1.11 bits per heavy atom. The molecule has 0 spiro atoms. The first-order chi connectivity index (χ1) is 13.8. The van der Waals surface area contributed by atoms with Gasteiger partial charge in [-0.05, 0) is 60.7 Å². The molecule has 4 rings (SSSR count). The van der Waals surface area contributed by atoms with Crippen LogP contribution < -0.4 is 4.74 Å². The number of methoxy groups -OCH3 is 1. The highest BCUT2D eigenvalue weighted by Crippen LogP contribution is 2.33. The van der Waals surface area contributed by atoms with Gasteiger partial charge >= 0.3 is 0 Å². The molecule has 0 saturated carbocycles. The first-order valence-corrected chi connectivity index (χ1v) is 10.4. The van der Waals surface area contributed by atoms with Gasteiger partial charge in [0.2, 0.25) is 0 Å². The van der Waals surface area contributed by atoms with Crippen molar-refractivity contribution in [3.8, 4) is 39.2 Å². The van der Waals surface area contributed by atoms with Crippen molar-refractivity contribution in [2.45, 2.75) is 0 Å². The monoisotopic (exact) mass is 396 g/mol. The maximum Gasteiger partial charge on any atom is 0.118 e. The number of rotatable bonds is 2. The lowest BCUT2D eigenvalue weighted by Gasteiger charge is -1.97. The van der Waals surface area contributed by atoms with Crippen molar-refractivity contribution in [3.05, 3.63) is 99.7 Å². The van der Waals surface area contributed by atoms with Crippen molar-refractivity contribution in [2.24, 2.45) is 0 Å². The van der Waals surface area contributed by atoms with Crippen molar-refractivity contribution in [1.29, 1.82) is 0 Å². The fraction of sp³-hybridized carbons (Fsp3) is 0.0400. The van der Waals surface area contributed by atoms with E-state index in [2.05, 4.69) is 47.9 Å². The highest BCUT2D eigenvalue weighted by atomic mass is 32.1. The summed E-state index contributed by atoms with van der Waals surface area (Å²) < 4.78 is 5.17. The van der Waals surface area contributed by atoms with Crippen LogP contribution in [0.5, 0.6) is 5.75 Å². The molecular formula is C25H16OS2. The summed E-state index contributed by atoms with van der Waals surface area (Å²) in [5.74, 6) is 13.8. The fourth-order valence-corrected chi connectivity index (χ4v) is 4.35. The zero-order valence-corrected chi connectivity index (χ0v) is 16.9. The van der Waals surface area contributed by atoms with Gasteiger partial charge in [0.15, 0.2) is 0 Å². The summed E-state index contributed by atoms with van der Waals surface area (Å²) in [7, 11) is 1.66. The minimum absolute atomic E-state index is 0.841. The molecule has 2 aromatic carbocycles. The van der Waals surface area contributed by atoms with E-state index in [9.17, 15) is 0 Å². The average Bonchev–Trinajstić information content (AvgIpc) is 3.41. The average molecular weight is 397 g/mol. The molecule has 134 valence electrons. The number of thiophene rings is 2. The Morgan fingerprint density at radius 3 is 1.64 bits per heavy atom. The summed E-state index contributed by atoms with van der Waals surface area (Å²) in [5.41, 5.74) is 2.01. The predicted octanol–water partition coefficient (Wildman–Crippen LogP) is 6.28. The molecule has 0 N–H and O–H groups in total. The molecule has 2 heterocycles. The van der Waals surface area contributed by atoms with Crippen LogP contribution in [0.25, 0.3) is 9.75 Å². The van der Waals surface area contributed by atoms with Gasteiger partial charge in [0, 0.05) is 20.9 Å². The lowest BCUT2D eigenvalue weighted by atomic mass is 10.2.